The summed E-state index contributed by atoms with van der Waals surface area (Å²) in [6.07, 6.45) is 8.72. The number of piperidine rings is 1. The molecule has 2 saturated heterocycles. The van der Waals surface area contributed by atoms with Crippen LogP contribution in [0, 0.1) is 5.92 Å². The normalized spacial score (nSPS) is 21.7. The summed E-state index contributed by atoms with van der Waals surface area (Å²) in [7, 11) is 0. The fourth-order valence-electron chi connectivity index (χ4n) is 4.81. The minimum atomic E-state index is -0.0297. The maximum atomic E-state index is 13.1. The summed E-state index contributed by atoms with van der Waals surface area (Å²) in [5, 5.41) is 0. The Kier molecular flexibility index (Phi) is 5.69. The highest BCUT2D eigenvalue weighted by atomic mass is 16.5. The van der Waals surface area contributed by atoms with Crippen molar-refractivity contribution in [2.75, 3.05) is 19.8 Å². The highest BCUT2D eigenvalue weighted by molar-refractivity contribution is 5.95. The van der Waals surface area contributed by atoms with Gasteiger partial charge in [0.05, 0.1) is 5.69 Å². The molecule has 1 atom stereocenters. The van der Waals surface area contributed by atoms with Crippen molar-refractivity contribution in [3.63, 3.8) is 0 Å². The van der Waals surface area contributed by atoms with Crippen LogP contribution in [-0.2, 0) is 16.6 Å². The summed E-state index contributed by atoms with van der Waals surface area (Å²) in [5.74, 6) is 0.784. The maximum absolute atomic E-state index is 13.1. The standard InChI is InChI=1S/C24H35N3O2/c1-17-7-5-6-11-26(17)23(28)19-8-12-27-20(15-18-9-13-29-14-10-18)22(24(2,3)4)25-21(27)16-19/h8,12,16-18H,5-7,9-11,13-15H2,1-4H3. The van der Waals surface area contributed by atoms with E-state index in [9.17, 15) is 4.79 Å². The van der Waals surface area contributed by atoms with Crippen LogP contribution in [0.25, 0.3) is 5.65 Å². The predicted molar refractivity (Wildman–Crippen MR) is 115 cm³/mol. The van der Waals surface area contributed by atoms with Crippen LogP contribution in [0.1, 0.15) is 81.5 Å². The number of fused-ring (bicyclic) bond motifs is 1. The predicted octanol–water partition coefficient (Wildman–Crippen LogP) is 4.62. The number of imidazole rings is 1. The van der Waals surface area contributed by atoms with E-state index < -0.39 is 0 Å². The quantitative estimate of drug-likeness (QED) is 0.759. The van der Waals surface area contributed by atoms with Crippen LogP contribution in [0.15, 0.2) is 18.3 Å². The van der Waals surface area contributed by atoms with Gasteiger partial charge in [-0.25, -0.2) is 4.98 Å². The van der Waals surface area contributed by atoms with E-state index >= 15 is 0 Å². The first-order chi connectivity index (χ1) is 13.8. The number of carbonyl (C=O) groups excluding carboxylic acids is 1. The van der Waals surface area contributed by atoms with E-state index in [1.165, 1.54) is 12.1 Å². The SMILES string of the molecule is CC1CCCCN1C(=O)c1ccn2c(CC3CCOCC3)c(C(C)(C)C)nc2c1. The van der Waals surface area contributed by atoms with Crippen molar-refractivity contribution in [3.05, 3.63) is 35.3 Å². The molecule has 2 aliphatic rings. The average molecular weight is 398 g/mol. The zero-order valence-corrected chi connectivity index (χ0v) is 18.4. The largest absolute Gasteiger partial charge is 0.381 e. The fourth-order valence-corrected chi connectivity index (χ4v) is 4.81. The van der Waals surface area contributed by atoms with E-state index in [-0.39, 0.29) is 11.3 Å². The van der Waals surface area contributed by atoms with Crippen LogP contribution in [0.2, 0.25) is 0 Å². The van der Waals surface area contributed by atoms with Crippen LogP contribution < -0.4 is 0 Å². The highest BCUT2D eigenvalue weighted by Gasteiger charge is 2.28. The Bertz CT molecular complexity index is 874. The summed E-state index contributed by atoms with van der Waals surface area (Å²) < 4.78 is 7.76. The van der Waals surface area contributed by atoms with Gasteiger partial charge in [-0.05, 0) is 63.5 Å². The number of ether oxygens (including phenoxy) is 1. The van der Waals surface area contributed by atoms with Gasteiger partial charge in [0.2, 0.25) is 0 Å². The van der Waals surface area contributed by atoms with E-state index in [1.807, 2.05) is 17.0 Å². The van der Waals surface area contributed by atoms with E-state index in [0.29, 0.717) is 12.0 Å². The van der Waals surface area contributed by atoms with Gasteiger partial charge in [0.25, 0.3) is 5.91 Å². The molecule has 0 radical (unpaired) electrons. The van der Waals surface area contributed by atoms with Crippen molar-refractivity contribution in [3.8, 4) is 0 Å². The van der Waals surface area contributed by atoms with Gasteiger partial charge in [-0.1, -0.05) is 20.8 Å². The topological polar surface area (TPSA) is 46.8 Å². The number of rotatable bonds is 3. The molecule has 2 aromatic heterocycles. The molecule has 2 fully saturated rings. The number of hydrogen-bond acceptors (Lipinski definition) is 3. The molecule has 2 aliphatic heterocycles. The molecule has 1 amide bonds. The lowest BCUT2D eigenvalue weighted by Gasteiger charge is -2.33. The summed E-state index contributed by atoms with van der Waals surface area (Å²) >= 11 is 0. The van der Waals surface area contributed by atoms with Gasteiger partial charge in [0, 0.05) is 48.7 Å². The second-order valence-electron chi connectivity index (χ2n) is 9.90. The molecule has 5 heteroatoms. The van der Waals surface area contributed by atoms with E-state index in [2.05, 4.69) is 38.3 Å². The molecule has 5 nitrogen and oxygen atoms in total. The second-order valence-corrected chi connectivity index (χ2v) is 9.90. The van der Waals surface area contributed by atoms with Crippen LogP contribution in [0.5, 0.6) is 0 Å². The zero-order valence-electron chi connectivity index (χ0n) is 18.4. The molecule has 0 N–H and O–H groups in total. The second kappa shape index (κ2) is 8.10. The van der Waals surface area contributed by atoms with Gasteiger partial charge >= 0.3 is 0 Å². The van der Waals surface area contributed by atoms with E-state index in [4.69, 9.17) is 9.72 Å². The molecule has 0 saturated carbocycles. The van der Waals surface area contributed by atoms with E-state index in [1.54, 1.807) is 0 Å². The first-order valence-corrected chi connectivity index (χ1v) is 11.2. The van der Waals surface area contributed by atoms with Crippen molar-refractivity contribution in [2.24, 2.45) is 5.92 Å². The summed E-state index contributed by atoms with van der Waals surface area (Å²) in [6.45, 7) is 11.4. The number of nitrogens with zero attached hydrogens (tertiary/aromatic N) is 3. The molecule has 0 aliphatic carbocycles. The van der Waals surface area contributed by atoms with Gasteiger partial charge in [0.15, 0.2) is 0 Å². The molecule has 4 heterocycles. The first-order valence-electron chi connectivity index (χ1n) is 11.2. The lowest BCUT2D eigenvalue weighted by atomic mass is 9.86. The molecule has 158 valence electrons. The Morgan fingerprint density at radius 1 is 1.21 bits per heavy atom. The van der Waals surface area contributed by atoms with Crippen LogP contribution in [-0.4, -0.2) is 46.0 Å². The molecule has 0 spiro atoms. The molecule has 4 rings (SSSR count). The number of likely N-dealkylation sites (tertiary alicyclic amines) is 1. The Labute approximate surface area is 174 Å². The smallest absolute Gasteiger partial charge is 0.254 e. The van der Waals surface area contributed by atoms with Crippen molar-refractivity contribution in [2.45, 2.75) is 77.7 Å². The Balaban J connectivity index is 1.68. The lowest BCUT2D eigenvalue weighted by Crippen LogP contribution is -2.42. The monoisotopic (exact) mass is 397 g/mol. The van der Waals surface area contributed by atoms with Crippen molar-refractivity contribution >= 4 is 11.6 Å². The van der Waals surface area contributed by atoms with Crippen molar-refractivity contribution in [1.29, 1.82) is 0 Å². The van der Waals surface area contributed by atoms with Crippen LogP contribution in [0.4, 0.5) is 0 Å². The summed E-state index contributed by atoms with van der Waals surface area (Å²) in [4.78, 5) is 20.2. The average Bonchev–Trinajstić information content (AvgIpc) is 3.07. The third-order valence-corrected chi connectivity index (χ3v) is 6.57. The molecular weight excluding hydrogens is 362 g/mol. The number of pyridine rings is 1. The number of aromatic nitrogens is 2. The van der Waals surface area contributed by atoms with Gasteiger partial charge in [-0.3, -0.25) is 4.79 Å². The lowest BCUT2D eigenvalue weighted by molar-refractivity contribution is 0.0635. The molecule has 0 aromatic carbocycles. The number of amides is 1. The Morgan fingerprint density at radius 3 is 2.66 bits per heavy atom. The van der Waals surface area contributed by atoms with Crippen LogP contribution >= 0.6 is 0 Å². The molecule has 0 bridgehead atoms. The molecular formula is C24H35N3O2. The highest BCUT2D eigenvalue weighted by Crippen LogP contribution is 2.31. The van der Waals surface area contributed by atoms with Gasteiger partial charge in [-0.2, -0.15) is 0 Å². The Morgan fingerprint density at radius 2 is 1.97 bits per heavy atom. The van der Waals surface area contributed by atoms with Crippen LogP contribution in [0.3, 0.4) is 0 Å². The van der Waals surface area contributed by atoms with Gasteiger partial charge < -0.3 is 14.0 Å². The Hall–Kier alpha value is -1.88. The maximum Gasteiger partial charge on any atom is 0.254 e. The number of carbonyl (C=O) groups is 1. The van der Waals surface area contributed by atoms with Gasteiger partial charge in [0.1, 0.15) is 5.65 Å². The minimum Gasteiger partial charge on any atom is -0.381 e. The molecule has 29 heavy (non-hydrogen) atoms. The van der Waals surface area contributed by atoms with Crippen molar-refractivity contribution < 1.29 is 9.53 Å². The van der Waals surface area contributed by atoms with E-state index in [0.717, 1.165) is 68.8 Å². The number of hydrogen-bond donors (Lipinski definition) is 0. The fraction of sp³-hybridized carbons (Fsp3) is 0.667. The third kappa shape index (κ3) is 4.20. The third-order valence-electron chi connectivity index (χ3n) is 6.57. The molecule has 2 aromatic rings. The zero-order chi connectivity index (χ0) is 20.6. The summed E-state index contributed by atoms with van der Waals surface area (Å²) in [5.41, 5.74) is 4.07. The molecule has 1 unspecified atom stereocenters. The van der Waals surface area contributed by atoms with Crippen molar-refractivity contribution in [1.82, 2.24) is 14.3 Å². The first kappa shape index (κ1) is 20.4. The minimum absolute atomic E-state index is 0.0297. The summed E-state index contributed by atoms with van der Waals surface area (Å²) in [6, 6.07) is 4.30. The van der Waals surface area contributed by atoms with Gasteiger partial charge in [-0.15, -0.1) is 0 Å².